The molecule has 0 saturated carbocycles. The van der Waals surface area contributed by atoms with Gasteiger partial charge in [-0.05, 0) is 169 Å². The van der Waals surface area contributed by atoms with Crippen molar-refractivity contribution in [3.8, 4) is 72.5 Å². The van der Waals surface area contributed by atoms with Gasteiger partial charge in [0.15, 0.2) is 0 Å². The van der Waals surface area contributed by atoms with Crippen molar-refractivity contribution < 1.29 is 4.74 Å². The van der Waals surface area contributed by atoms with E-state index in [1.165, 1.54) is 132 Å². The second-order valence-electron chi connectivity index (χ2n) is 19.7. The molecule has 1 nitrogen and oxygen atoms in total. The van der Waals surface area contributed by atoms with Gasteiger partial charge in [-0.2, -0.15) is 0 Å². The SMILES string of the molecule is CCOc1ccc2c(c1)C(C)(C)c1cc(-c3ccc4c(c3)C(C)(C)c3cc(-c5c6ccccc6c(-c6c7ccccc7c(-c7ccccc7)c7ccccc67)c6ccccc56)ccc3-4)ccc1-2. The lowest BCUT2D eigenvalue weighted by Crippen LogP contribution is -2.15. The monoisotopic (exact) mass is 858 g/mol. The molecule has 0 N–H and O–H groups in total. The molecule has 0 unspecified atom stereocenters. The van der Waals surface area contributed by atoms with E-state index in [1.54, 1.807) is 0 Å². The first-order valence-electron chi connectivity index (χ1n) is 23.9. The quantitative estimate of drug-likeness (QED) is 0.151. The Kier molecular flexibility index (Phi) is 8.65. The molecule has 11 aromatic carbocycles. The minimum atomic E-state index is -0.206. The summed E-state index contributed by atoms with van der Waals surface area (Å²) in [5, 5.41) is 10.1. The van der Waals surface area contributed by atoms with Gasteiger partial charge in [0.2, 0.25) is 0 Å². The fourth-order valence-electron chi connectivity index (χ4n) is 12.2. The minimum Gasteiger partial charge on any atom is -0.494 e. The van der Waals surface area contributed by atoms with Crippen molar-refractivity contribution in [3.63, 3.8) is 0 Å². The summed E-state index contributed by atoms with van der Waals surface area (Å²) in [5.41, 5.74) is 20.6. The van der Waals surface area contributed by atoms with E-state index in [2.05, 4.69) is 228 Å². The van der Waals surface area contributed by atoms with E-state index >= 15 is 0 Å². The van der Waals surface area contributed by atoms with Crippen LogP contribution in [0.2, 0.25) is 0 Å². The van der Waals surface area contributed by atoms with Gasteiger partial charge in [-0.15, -0.1) is 0 Å². The van der Waals surface area contributed by atoms with Crippen molar-refractivity contribution in [3.05, 3.63) is 222 Å². The van der Waals surface area contributed by atoms with Gasteiger partial charge >= 0.3 is 0 Å². The number of ether oxygens (including phenoxy) is 1. The highest BCUT2D eigenvalue weighted by atomic mass is 16.5. The van der Waals surface area contributed by atoms with Gasteiger partial charge in [-0.3, -0.25) is 0 Å². The molecule has 0 aliphatic heterocycles. The second kappa shape index (κ2) is 14.6. The number of hydrogen-bond donors (Lipinski definition) is 0. The Bertz CT molecular complexity index is 3750. The summed E-state index contributed by atoms with van der Waals surface area (Å²) in [4.78, 5) is 0. The Labute approximate surface area is 393 Å². The van der Waals surface area contributed by atoms with E-state index in [1.807, 2.05) is 6.92 Å². The summed E-state index contributed by atoms with van der Waals surface area (Å²) in [6, 6.07) is 75.3. The molecule has 2 aliphatic carbocycles. The van der Waals surface area contributed by atoms with Gasteiger partial charge in [-0.1, -0.05) is 198 Å². The summed E-state index contributed by atoms with van der Waals surface area (Å²) in [6.45, 7) is 12.2. The first kappa shape index (κ1) is 39.6. The molecule has 67 heavy (non-hydrogen) atoms. The van der Waals surface area contributed by atoms with Crippen LogP contribution in [0.25, 0.3) is 110 Å². The molecule has 0 radical (unpaired) electrons. The van der Waals surface area contributed by atoms with E-state index in [0.717, 1.165) is 5.75 Å². The molecule has 0 fully saturated rings. The fourth-order valence-corrected chi connectivity index (χ4v) is 12.2. The molecule has 0 bridgehead atoms. The second-order valence-corrected chi connectivity index (χ2v) is 19.7. The van der Waals surface area contributed by atoms with Crippen molar-refractivity contribution in [1.29, 1.82) is 0 Å². The van der Waals surface area contributed by atoms with Gasteiger partial charge in [0.1, 0.15) is 5.75 Å². The van der Waals surface area contributed by atoms with Gasteiger partial charge < -0.3 is 4.74 Å². The van der Waals surface area contributed by atoms with Crippen molar-refractivity contribution in [2.75, 3.05) is 6.61 Å². The van der Waals surface area contributed by atoms with Gasteiger partial charge in [0.25, 0.3) is 0 Å². The van der Waals surface area contributed by atoms with E-state index in [4.69, 9.17) is 4.74 Å². The Hall–Kier alpha value is -7.74. The van der Waals surface area contributed by atoms with Crippen LogP contribution in [0.15, 0.2) is 200 Å². The zero-order valence-corrected chi connectivity index (χ0v) is 38.7. The summed E-state index contributed by atoms with van der Waals surface area (Å²) < 4.78 is 5.94. The summed E-state index contributed by atoms with van der Waals surface area (Å²) in [7, 11) is 0. The molecule has 0 atom stereocenters. The van der Waals surface area contributed by atoms with Crippen molar-refractivity contribution >= 4 is 43.1 Å². The third-order valence-corrected chi connectivity index (χ3v) is 15.4. The summed E-state index contributed by atoms with van der Waals surface area (Å²) >= 11 is 0. The molecule has 0 saturated heterocycles. The highest BCUT2D eigenvalue weighted by Crippen LogP contribution is 2.55. The molecule has 2 aliphatic rings. The lowest BCUT2D eigenvalue weighted by molar-refractivity contribution is 0.339. The maximum absolute atomic E-state index is 5.94. The average Bonchev–Trinajstić information content (AvgIpc) is 3.73. The Morgan fingerprint density at radius 1 is 0.299 bits per heavy atom. The first-order valence-corrected chi connectivity index (χ1v) is 23.9. The average molecular weight is 859 g/mol. The van der Waals surface area contributed by atoms with Crippen LogP contribution in [-0.2, 0) is 10.8 Å². The van der Waals surface area contributed by atoms with Crippen LogP contribution in [0.4, 0.5) is 0 Å². The number of fused-ring (bicyclic) bond motifs is 10. The van der Waals surface area contributed by atoms with Crippen LogP contribution < -0.4 is 4.74 Å². The third-order valence-electron chi connectivity index (χ3n) is 15.4. The van der Waals surface area contributed by atoms with Crippen LogP contribution in [0.3, 0.4) is 0 Å². The van der Waals surface area contributed by atoms with Gasteiger partial charge in [-0.25, -0.2) is 0 Å². The topological polar surface area (TPSA) is 9.23 Å². The number of rotatable bonds is 6. The zero-order chi connectivity index (χ0) is 45.2. The fraction of sp³-hybridized carbons (Fsp3) is 0.121. The van der Waals surface area contributed by atoms with Crippen LogP contribution >= 0.6 is 0 Å². The lowest BCUT2D eigenvalue weighted by atomic mass is 9.79. The van der Waals surface area contributed by atoms with Gasteiger partial charge in [0.05, 0.1) is 6.61 Å². The summed E-state index contributed by atoms with van der Waals surface area (Å²) in [6.07, 6.45) is 0. The highest BCUT2D eigenvalue weighted by molar-refractivity contribution is 6.30. The van der Waals surface area contributed by atoms with Crippen LogP contribution in [0.5, 0.6) is 5.75 Å². The first-order chi connectivity index (χ1) is 32.7. The largest absolute Gasteiger partial charge is 0.494 e. The normalized spacial score (nSPS) is 14.0. The molecular formula is C66H50O. The maximum atomic E-state index is 5.94. The third kappa shape index (κ3) is 5.74. The molecule has 0 aromatic heterocycles. The van der Waals surface area contributed by atoms with Crippen molar-refractivity contribution in [1.82, 2.24) is 0 Å². The molecule has 0 heterocycles. The maximum Gasteiger partial charge on any atom is 0.119 e. The Morgan fingerprint density at radius 3 is 1.01 bits per heavy atom. The standard InChI is InChI=1S/C66H50O/c1-6-67-44-31-35-48-46-33-29-42(37-58(46)66(4,5)60(48)39-44)41-28-32-45-47-34-30-43(38-59(47)65(2,3)57(45)36-41)62-51-22-12-16-26-55(51)64(56-27-17-13-23-52(56)62)63-53-24-14-10-20-49(53)61(40-18-8-7-9-19-40)50-21-11-15-25-54(50)63/h7-39H,6H2,1-5H3. The smallest absolute Gasteiger partial charge is 0.119 e. The zero-order valence-electron chi connectivity index (χ0n) is 38.7. The predicted octanol–water partition coefficient (Wildman–Crippen LogP) is 18.0. The Morgan fingerprint density at radius 2 is 0.612 bits per heavy atom. The minimum absolute atomic E-state index is 0.127. The van der Waals surface area contributed by atoms with Crippen molar-refractivity contribution in [2.24, 2.45) is 0 Å². The van der Waals surface area contributed by atoms with Crippen LogP contribution in [0.1, 0.15) is 56.9 Å². The van der Waals surface area contributed by atoms with E-state index in [9.17, 15) is 0 Å². The lowest BCUT2D eigenvalue weighted by Gasteiger charge is -2.24. The highest BCUT2D eigenvalue weighted by Gasteiger charge is 2.38. The number of benzene rings is 11. The van der Waals surface area contributed by atoms with E-state index in [-0.39, 0.29) is 10.8 Å². The molecule has 0 spiro atoms. The Balaban J connectivity index is 0.957. The van der Waals surface area contributed by atoms with E-state index in [0.29, 0.717) is 6.61 Å². The molecule has 1 heteroatoms. The van der Waals surface area contributed by atoms with Crippen LogP contribution in [0, 0.1) is 0 Å². The van der Waals surface area contributed by atoms with Crippen molar-refractivity contribution in [2.45, 2.75) is 45.4 Å². The molecule has 320 valence electrons. The molecule has 0 amide bonds. The van der Waals surface area contributed by atoms with Crippen LogP contribution in [-0.4, -0.2) is 6.61 Å². The van der Waals surface area contributed by atoms with E-state index < -0.39 is 0 Å². The number of hydrogen-bond acceptors (Lipinski definition) is 1. The molecule has 13 rings (SSSR count). The summed E-state index contributed by atoms with van der Waals surface area (Å²) in [5.74, 6) is 0.941. The molecular weight excluding hydrogens is 809 g/mol. The molecule has 11 aromatic rings. The predicted molar refractivity (Wildman–Crippen MR) is 285 cm³/mol. The van der Waals surface area contributed by atoms with Gasteiger partial charge in [0, 0.05) is 10.8 Å².